The summed E-state index contributed by atoms with van der Waals surface area (Å²) in [4.78, 5) is 42.9. The number of para-hydroxylation sites is 1. The van der Waals surface area contributed by atoms with Crippen LogP contribution in [0.4, 0.5) is 17.1 Å². The van der Waals surface area contributed by atoms with Gasteiger partial charge < -0.3 is 26.4 Å². The van der Waals surface area contributed by atoms with Gasteiger partial charge in [-0.1, -0.05) is 30.3 Å². The van der Waals surface area contributed by atoms with E-state index in [4.69, 9.17) is 16.2 Å². The molecule has 0 aliphatic carbocycles. The van der Waals surface area contributed by atoms with Crippen molar-refractivity contribution >= 4 is 46.3 Å². The van der Waals surface area contributed by atoms with Gasteiger partial charge in [-0.05, 0) is 54.2 Å². The summed E-state index contributed by atoms with van der Waals surface area (Å²) in [7, 11) is 3.84. The molecule has 2 aromatic carbocycles. The predicted octanol–water partition coefficient (Wildman–Crippen LogP) is 2.57. The van der Waals surface area contributed by atoms with Crippen LogP contribution in [-0.4, -0.2) is 55.4 Å². The molecule has 0 radical (unpaired) electrons. The standard InChI is InChI=1S/C26H30N6O4S/c1-31(2)17-12-10-16(11-13-17)22(25(34)29-15-19-9-6-14-36-19)32(18-7-4-3-5-8-18)26(35)23-20(27)21(24(28)33)30-37-23/h3-5,7-8,10-13,19,22H,6,9,14-15,27H2,1-2H3,(H2,28,33)(H,29,34)/t19-,22+/m0/s1. The molecule has 1 fully saturated rings. The van der Waals surface area contributed by atoms with Gasteiger partial charge in [0, 0.05) is 38.6 Å². The second-order valence-corrected chi connectivity index (χ2v) is 9.69. The van der Waals surface area contributed by atoms with E-state index in [2.05, 4.69) is 9.69 Å². The van der Waals surface area contributed by atoms with Crippen molar-refractivity contribution in [1.82, 2.24) is 9.69 Å². The van der Waals surface area contributed by atoms with E-state index in [1.807, 2.05) is 49.3 Å². The van der Waals surface area contributed by atoms with E-state index in [0.29, 0.717) is 24.4 Å². The lowest BCUT2D eigenvalue weighted by Crippen LogP contribution is -2.45. The summed E-state index contributed by atoms with van der Waals surface area (Å²) in [5, 5.41) is 2.97. The molecule has 10 nitrogen and oxygen atoms in total. The van der Waals surface area contributed by atoms with Crippen LogP contribution in [0.2, 0.25) is 0 Å². The summed E-state index contributed by atoms with van der Waals surface area (Å²) in [6.07, 6.45) is 1.73. The second-order valence-electron chi connectivity index (χ2n) is 8.92. The monoisotopic (exact) mass is 522 g/mol. The van der Waals surface area contributed by atoms with Crippen LogP contribution in [-0.2, 0) is 9.53 Å². The summed E-state index contributed by atoms with van der Waals surface area (Å²) < 4.78 is 9.65. The van der Waals surface area contributed by atoms with Crippen LogP contribution in [0.1, 0.15) is 44.6 Å². The van der Waals surface area contributed by atoms with E-state index in [1.54, 1.807) is 24.3 Å². The fourth-order valence-corrected chi connectivity index (χ4v) is 4.94. The van der Waals surface area contributed by atoms with Crippen LogP contribution >= 0.6 is 11.5 Å². The number of benzene rings is 2. The largest absolute Gasteiger partial charge is 0.395 e. The zero-order chi connectivity index (χ0) is 26.5. The first-order chi connectivity index (χ1) is 17.8. The maximum atomic E-state index is 14.0. The third-order valence-electron chi connectivity index (χ3n) is 6.17. The third kappa shape index (κ3) is 5.73. The highest BCUT2D eigenvalue weighted by Gasteiger charge is 2.36. The average Bonchev–Trinajstić information content (AvgIpc) is 3.55. The lowest BCUT2D eigenvalue weighted by Gasteiger charge is -2.31. The number of amides is 3. The Kier molecular flexibility index (Phi) is 8.04. The van der Waals surface area contributed by atoms with Gasteiger partial charge in [-0.15, -0.1) is 0 Å². The summed E-state index contributed by atoms with van der Waals surface area (Å²) in [5.74, 6) is -1.77. The van der Waals surface area contributed by atoms with Crippen molar-refractivity contribution in [2.45, 2.75) is 25.0 Å². The lowest BCUT2D eigenvalue weighted by atomic mass is 10.0. The normalized spacial score (nSPS) is 15.7. The highest BCUT2D eigenvalue weighted by Crippen LogP contribution is 2.33. The van der Waals surface area contributed by atoms with Crippen LogP contribution in [0, 0.1) is 0 Å². The number of rotatable bonds is 9. The fourth-order valence-electron chi connectivity index (χ4n) is 4.20. The SMILES string of the molecule is CN(C)c1ccc([C@H](C(=O)NC[C@@H]2CCCO2)N(C(=O)c2snc(C(N)=O)c2N)c2ccccc2)cc1. The van der Waals surface area contributed by atoms with Crippen molar-refractivity contribution in [3.8, 4) is 0 Å². The Morgan fingerprint density at radius 2 is 1.81 bits per heavy atom. The number of nitrogens with one attached hydrogen (secondary N) is 1. The lowest BCUT2D eigenvalue weighted by molar-refractivity contribution is -0.123. The Morgan fingerprint density at radius 1 is 1.11 bits per heavy atom. The minimum Gasteiger partial charge on any atom is -0.395 e. The number of anilines is 3. The molecule has 2 heterocycles. The molecule has 11 heteroatoms. The fraction of sp³-hybridized carbons (Fsp3) is 0.308. The summed E-state index contributed by atoms with van der Waals surface area (Å²) in [5.41, 5.74) is 13.2. The van der Waals surface area contributed by atoms with Gasteiger partial charge >= 0.3 is 0 Å². The third-order valence-corrected chi connectivity index (χ3v) is 7.02. The number of hydrogen-bond acceptors (Lipinski definition) is 8. The van der Waals surface area contributed by atoms with Crippen LogP contribution in [0.3, 0.4) is 0 Å². The molecule has 1 aromatic heterocycles. The molecule has 3 amide bonds. The molecule has 3 aromatic rings. The molecular weight excluding hydrogens is 492 g/mol. The first kappa shape index (κ1) is 26.1. The van der Waals surface area contributed by atoms with Crippen LogP contribution < -0.4 is 26.6 Å². The number of hydrogen-bond donors (Lipinski definition) is 3. The second kappa shape index (κ2) is 11.4. The van der Waals surface area contributed by atoms with Gasteiger partial charge in [-0.2, -0.15) is 4.37 Å². The number of nitrogens with two attached hydrogens (primary N) is 2. The number of aromatic nitrogens is 1. The summed E-state index contributed by atoms with van der Waals surface area (Å²) in [6, 6.07) is 15.2. The van der Waals surface area contributed by atoms with E-state index < -0.39 is 17.9 Å². The van der Waals surface area contributed by atoms with E-state index in [1.165, 1.54) is 4.90 Å². The van der Waals surface area contributed by atoms with E-state index >= 15 is 0 Å². The Morgan fingerprint density at radius 3 is 2.38 bits per heavy atom. The zero-order valence-electron chi connectivity index (χ0n) is 20.7. The topological polar surface area (TPSA) is 144 Å². The number of nitrogens with zero attached hydrogens (tertiary/aromatic N) is 3. The first-order valence-electron chi connectivity index (χ1n) is 11.9. The molecule has 0 spiro atoms. The van der Waals surface area contributed by atoms with Crippen molar-refractivity contribution in [1.29, 1.82) is 0 Å². The van der Waals surface area contributed by atoms with E-state index in [0.717, 1.165) is 30.1 Å². The number of primary amides is 1. The minimum absolute atomic E-state index is 0.0273. The maximum absolute atomic E-state index is 14.0. The van der Waals surface area contributed by atoms with Crippen LogP contribution in [0.25, 0.3) is 0 Å². The van der Waals surface area contributed by atoms with Crippen molar-refractivity contribution in [3.63, 3.8) is 0 Å². The highest BCUT2D eigenvalue weighted by atomic mass is 32.1. The number of carbonyl (C=O) groups excluding carboxylic acids is 3. The number of nitrogen functional groups attached to an aromatic ring is 1. The molecule has 0 unspecified atom stereocenters. The highest BCUT2D eigenvalue weighted by molar-refractivity contribution is 7.09. The molecule has 4 rings (SSSR count). The van der Waals surface area contributed by atoms with Crippen molar-refractivity contribution in [2.75, 3.05) is 42.8 Å². The average molecular weight is 523 g/mol. The molecule has 0 bridgehead atoms. The molecule has 1 aliphatic rings. The van der Waals surface area contributed by atoms with Crippen molar-refractivity contribution in [3.05, 3.63) is 70.7 Å². The molecule has 37 heavy (non-hydrogen) atoms. The van der Waals surface area contributed by atoms with Crippen LogP contribution in [0.15, 0.2) is 54.6 Å². The molecule has 5 N–H and O–H groups in total. The molecular formula is C26H30N6O4S. The minimum atomic E-state index is -1.04. The molecule has 2 atom stereocenters. The van der Waals surface area contributed by atoms with Gasteiger partial charge in [0.25, 0.3) is 11.8 Å². The smallest absolute Gasteiger partial charge is 0.273 e. The number of ether oxygens (including phenoxy) is 1. The molecule has 0 saturated carbocycles. The van der Waals surface area contributed by atoms with Crippen molar-refractivity contribution in [2.24, 2.45) is 5.73 Å². The predicted molar refractivity (Wildman–Crippen MR) is 144 cm³/mol. The van der Waals surface area contributed by atoms with Gasteiger partial charge in [0.2, 0.25) is 5.91 Å². The molecule has 194 valence electrons. The zero-order valence-corrected chi connectivity index (χ0v) is 21.5. The quantitative estimate of drug-likeness (QED) is 0.392. The van der Waals surface area contributed by atoms with Gasteiger partial charge in [0.1, 0.15) is 10.9 Å². The number of carbonyl (C=O) groups is 3. The first-order valence-corrected chi connectivity index (χ1v) is 12.7. The Labute approximate surface area is 219 Å². The Hall–Kier alpha value is -3.96. The Bertz CT molecular complexity index is 1260. The Balaban J connectivity index is 1.79. The van der Waals surface area contributed by atoms with Gasteiger partial charge in [0.15, 0.2) is 5.69 Å². The van der Waals surface area contributed by atoms with Gasteiger partial charge in [-0.25, -0.2) is 0 Å². The molecule has 1 aliphatic heterocycles. The van der Waals surface area contributed by atoms with Crippen molar-refractivity contribution < 1.29 is 19.1 Å². The van der Waals surface area contributed by atoms with Crippen LogP contribution in [0.5, 0.6) is 0 Å². The van der Waals surface area contributed by atoms with Gasteiger partial charge in [0.05, 0.1) is 11.8 Å². The van der Waals surface area contributed by atoms with E-state index in [9.17, 15) is 14.4 Å². The summed E-state index contributed by atoms with van der Waals surface area (Å²) in [6.45, 7) is 0.994. The maximum Gasteiger partial charge on any atom is 0.273 e. The van der Waals surface area contributed by atoms with E-state index in [-0.39, 0.29) is 28.3 Å². The van der Waals surface area contributed by atoms with Gasteiger partial charge in [-0.3, -0.25) is 19.3 Å². The molecule has 1 saturated heterocycles. The summed E-state index contributed by atoms with van der Waals surface area (Å²) >= 11 is 0.775.